The zero-order chi connectivity index (χ0) is 9.68. The van der Waals surface area contributed by atoms with Gasteiger partial charge >= 0.3 is 0 Å². The molecule has 76 valence electrons. The van der Waals surface area contributed by atoms with E-state index in [-0.39, 0.29) is 0 Å². The van der Waals surface area contributed by atoms with Crippen molar-refractivity contribution in [2.45, 2.75) is 45.6 Å². The molecule has 1 fully saturated rings. The van der Waals surface area contributed by atoms with Gasteiger partial charge in [-0.25, -0.2) is 0 Å². The molecule has 1 aliphatic carbocycles. The van der Waals surface area contributed by atoms with Crippen molar-refractivity contribution in [1.29, 1.82) is 0 Å². The highest BCUT2D eigenvalue weighted by Gasteiger charge is 2.21. The summed E-state index contributed by atoms with van der Waals surface area (Å²) in [5, 5.41) is 7.27. The van der Waals surface area contributed by atoms with E-state index >= 15 is 0 Å². The van der Waals surface area contributed by atoms with Crippen molar-refractivity contribution in [1.82, 2.24) is 10.6 Å². The fourth-order valence-corrected chi connectivity index (χ4v) is 2.32. The minimum absolute atomic E-state index is 0.536. The van der Waals surface area contributed by atoms with E-state index in [0.717, 1.165) is 17.6 Å². The van der Waals surface area contributed by atoms with E-state index in [1.807, 2.05) is 0 Å². The Morgan fingerprint density at radius 1 is 1.46 bits per heavy atom. The lowest BCUT2D eigenvalue weighted by Crippen LogP contribution is -2.43. The lowest BCUT2D eigenvalue weighted by atomic mass is 10.0. The molecule has 1 rings (SSSR count). The monoisotopic (exact) mass is 200 g/mol. The minimum atomic E-state index is 0.536. The Morgan fingerprint density at radius 2 is 2.08 bits per heavy atom. The Hall–Kier alpha value is -0.310. The van der Waals surface area contributed by atoms with Crippen molar-refractivity contribution in [3.8, 4) is 0 Å². The second kappa shape index (κ2) is 5.43. The average molecular weight is 200 g/mol. The molecule has 0 aliphatic heterocycles. The standard InChI is InChI=1S/C10H20N2S/c1-3-11-10(13)12-8(2)9-6-4-5-7-9/h8-9H,3-7H2,1-2H3,(H2,11,12,13). The third-order valence-electron chi connectivity index (χ3n) is 2.80. The first-order valence-electron chi connectivity index (χ1n) is 5.28. The molecule has 0 bridgehead atoms. The highest BCUT2D eigenvalue weighted by atomic mass is 32.1. The number of hydrogen-bond donors (Lipinski definition) is 2. The number of thiocarbonyl (C=S) groups is 1. The van der Waals surface area contributed by atoms with Gasteiger partial charge in [0.2, 0.25) is 0 Å². The Morgan fingerprint density at radius 3 is 2.62 bits per heavy atom. The van der Waals surface area contributed by atoms with E-state index in [1.54, 1.807) is 0 Å². The van der Waals surface area contributed by atoms with Crippen LogP contribution in [-0.2, 0) is 0 Å². The highest BCUT2D eigenvalue weighted by Crippen LogP contribution is 2.27. The van der Waals surface area contributed by atoms with Crippen LogP contribution in [-0.4, -0.2) is 17.7 Å². The summed E-state index contributed by atoms with van der Waals surface area (Å²) >= 11 is 5.14. The molecule has 0 aromatic heterocycles. The summed E-state index contributed by atoms with van der Waals surface area (Å²) in [7, 11) is 0. The summed E-state index contributed by atoms with van der Waals surface area (Å²) in [6.07, 6.45) is 5.51. The molecule has 0 saturated heterocycles. The van der Waals surface area contributed by atoms with E-state index in [2.05, 4.69) is 24.5 Å². The Kier molecular flexibility index (Phi) is 4.50. The van der Waals surface area contributed by atoms with Crippen LogP contribution in [0.5, 0.6) is 0 Å². The van der Waals surface area contributed by atoms with Crippen LogP contribution in [0.4, 0.5) is 0 Å². The van der Waals surface area contributed by atoms with Gasteiger partial charge in [0.25, 0.3) is 0 Å². The Balaban J connectivity index is 2.22. The Bertz CT molecular complexity index is 164. The van der Waals surface area contributed by atoms with Gasteiger partial charge in [0.05, 0.1) is 0 Å². The summed E-state index contributed by atoms with van der Waals surface area (Å²) in [4.78, 5) is 0. The van der Waals surface area contributed by atoms with E-state index in [0.29, 0.717) is 6.04 Å². The van der Waals surface area contributed by atoms with Crippen molar-refractivity contribution in [2.75, 3.05) is 6.54 Å². The second-order valence-corrected chi connectivity index (χ2v) is 4.25. The van der Waals surface area contributed by atoms with Crippen LogP contribution in [0, 0.1) is 5.92 Å². The number of nitrogens with one attached hydrogen (secondary N) is 2. The van der Waals surface area contributed by atoms with Crippen LogP contribution in [0.25, 0.3) is 0 Å². The molecule has 0 radical (unpaired) electrons. The predicted octanol–water partition coefficient (Wildman–Crippen LogP) is 2.05. The average Bonchev–Trinajstić information content (AvgIpc) is 2.55. The van der Waals surface area contributed by atoms with Crippen molar-refractivity contribution in [3.05, 3.63) is 0 Å². The highest BCUT2D eigenvalue weighted by molar-refractivity contribution is 7.80. The maximum Gasteiger partial charge on any atom is 0.166 e. The number of hydrogen-bond acceptors (Lipinski definition) is 1. The third-order valence-corrected chi connectivity index (χ3v) is 3.07. The quantitative estimate of drug-likeness (QED) is 0.682. The van der Waals surface area contributed by atoms with Gasteiger partial charge in [-0.1, -0.05) is 12.8 Å². The molecule has 1 atom stereocenters. The number of rotatable bonds is 3. The molecular formula is C10H20N2S. The first-order chi connectivity index (χ1) is 6.24. The summed E-state index contributed by atoms with van der Waals surface area (Å²) in [6, 6.07) is 0.536. The van der Waals surface area contributed by atoms with Gasteiger partial charge < -0.3 is 10.6 Å². The lowest BCUT2D eigenvalue weighted by Gasteiger charge is -2.21. The van der Waals surface area contributed by atoms with Gasteiger partial charge in [-0.2, -0.15) is 0 Å². The minimum Gasteiger partial charge on any atom is -0.363 e. The van der Waals surface area contributed by atoms with E-state index in [4.69, 9.17) is 12.2 Å². The smallest absolute Gasteiger partial charge is 0.166 e. The SMILES string of the molecule is CCNC(=S)NC(C)C1CCCC1. The topological polar surface area (TPSA) is 24.1 Å². The van der Waals surface area contributed by atoms with Crippen molar-refractivity contribution < 1.29 is 0 Å². The normalized spacial score (nSPS) is 19.8. The molecule has 3 heteroatoms. The van der Waals surface area contributed by atoms with Crippen molar-refractivity contribution in [2.24, 2.45) is 5.92 Å². The van der Waals surface area contributed by atoms with Gasteiger partial charge in [0, 0.05) is 12.6 Å². The molecule has 2 nitrogen and oxygen atoms in total. The first kappa shape index (κ1) is 10.8. The predicted molar refractivity (Wildman–Crippen MR) is 60.8 cm³/mol. The molecule has 1 unspecified atom stereocenters. The molecule has 1 saturated carbocycles. The Labute approximate surface area is 86.5 Å². The molecule has 0 amide bonds. The van der Waals surface area contributed by atoms with Gasteiger partial charge in [-0.15, -0.1) is 0 Å². The summed E-state index contributed by atoms with van der Waals surface area (Å²) in [5.74, 6) is 0.830. The first-order valence-corrected chi connectivity index (χ1v) is 5.69. The van der Waals surface area contributed by atoms with E-state index in [9.17, 15) is 0 Å². The third kappa shape index (κ3) is 3.51. The fourth-order valence-electron chi connectivity index (χ4n) is 1.99. The maximum absolute atomic E-state index is 5.14. The summed E-state index contributed by atoms with van der Waals surface area (Å²) in [5.41, 5.74) is 0. The summed E-state index contributed by atoms with van der Waals surface area (Å²) in [6.45, 7) is 5.21. The van der Waals surface area contributed by atoms with Gasteiger partial charge in [0.15, 0.2) is 5.11 Å². The van der Waals surface area contributed by atoms with Crippen LogP contribution in [0.3, 0.4) is 0 Å². The van der Waals surface area contributed by atoms with Crippen LogP contribution < -0.4 is 10.6 Å². The van der Waals surface area contributed by atoms with Crippen molar-refractivity contribution >= 4 is 17.3 Å². The molecule has 2 N–H and O–H groups in total. The molecular weight excluding hydrogens is 180 g/mol. The molecule has 0 aromatic carbocycles. The second-order valence-electron chi connectivity index (χ2n) is 3.84. The van der Waals surface area contributed by atoms with Gasteiger partial charge in [-0.05, 0) is 44.8 Å². The molecule has 0 aromatic rings. The van der Waals surface area contributed by atoms with Crippen molar-refractivity contribution in [3.63, 3.8) is 0 Å². The lowest BCUT2D eigenvalue weighted by molar-refractivity contribution is 0.425. The van der Waals surface area contributed by atoms with Gasteiger partial charge in [0.1, 0.15) is 0 Å². The molecule has 0 spiro atoms. The van der Waals surface area contributed by atoms with Crippen LogP contribution in [0.15, 0.2) is 0 Å². The molecule has 0 heterocycles. The van der Waals surface area contributed by atoms with Crippen LogP contribution in [0.1, 0.15) is 39.5 Å². The summed E-state index contributed by atoms with van der Waals surface area (Å²) < 4.78 is 0. The molecule has 1 aliphatic rings. The largest absolute Gasteiger partial charge is 0.363 e. The fraction of sp³-hybridized carbons (Fsp3) is 0.900. The van der Waals surface area contributed by atoms with E-state index < -0.39 is 0 Å². The zero-order valence-corrected chi connectivity index (χ0v) is 9.41. The molecule has 13 heavy (non-hydrogen) atoms. The van der Waals surface area contributed by atoms with E-state index in [1.165, 1.54) is 25.7 Å². The zero-order valence-electron chi connectivity index (χ0n) is 8.60. The maximum atomic E-state index is 5.14. The van der Waals surface area contributed by atoms with Crippen LogP contribution >= 0.6 is 12.2 Å². The van der Waals surface area contributed by atoms with Crippen LogP contribution in [0.2, 0.25) is 0 Å². The van der Waals surface area contributed by atoms with Gasteiger partial charge in [-0.3, -0.25) is 0 Å².